The molecule has 1 atom stereocenters. The highest BCUT2D eigenvalue weighted by Crippen LogP contribution is 2.13. The number of hydrogen-bond donors (Lipinski definition) is 0. The first-order chi connectivity index (χ1) is 33.0. The average Bonchev–Trinajstić information content (AvgIpc) is 3.33. The van der Waals surface area contributed by atoms with Gasteiger partial charge in [-0.1, -0.05) is 227 Å². The smallest absolute Gasteiger partial charge is 0.306 e. The summed E-state index contributed by atoms with van der Waals surface area (Å²) >= 11 is 0. The number of ether oxygens (including phenoxy) is 3. The second-order valence-corrected chi connectivity index (χ2v) is 18.2. The molecule has 0 aliphatic rings. The molecule has 0 aliphatic carbocycles. The summed E-state index contributed by atoms with van der Waals surface area (Å²) in [5.74, 6) is -1.00. The number of hydrogen-bond acceptors (Lipinski definition) is 6. The van der Waals surface area contributed by atoms with E-state index in [9.17, 15) is 14.4 Å². The Morgan fingerprint density at radius 2 is 0.612 bits per heavy atom. The Bertz CT molecular complexity index is 1350. The van der Waals surface area contributed by atoms with Gasteiger partial charge in [-0.15, -0.1) is 0 Å². The fourth-order valence-corrected chi connectivity index (χ4v) is 7.41. The summed E-state index contributed by atoms with van der Waals surface area (Å²) in [6.45, 7) is 6.51. The van der Waals surface area contributed by atoms with Crippen LogP contribution in [0.15, 0.2) is 97.2 Å². The van der Waals surface area contributed by atoms with Crippen LogP contribution in [0, 0.1) is 0 Å². The molecule has 0 amide bonds. The summed E-state index contributed by atoms with van der Waals surface area (Å²) in [5, 5.41) is 0. The molecule has 0 saturated carbocycles. The van der Waals surface area contributed by atoms with Crippen molar-refractivity contribution in [3.05, 3.63) is 97.2 Å². The SMILES string of the molecule is CCCCC\C=C/C=C\C=C/C=C\CCCCCCCC(=O)OCC(COC(=O)CCCCC/C=C\CCCCCCCCC)OC(=O)CCC/C=C\C/C=C\C/C=C\CCCCCCCC. The van der Waals surface area contributed by atoms with Gasteiger partial charge in [-0.3, -0.25) is 14.4 Å². The van der Waals surface area contributed by atoms with Crippen molar-refractivity contribution in [2.75, 3.05) is 13.2 Å². The quantitative estimate of drug-likeness (QED) is 0.0199. The highest BCUT2D eigenvalue weighted by molar-refractivity contribution is 5.71. The van der Waals surface area contributed by atoms with Crippen LogP contribution in [0.4, 0.5) is 0 Å². The predicted octanol–water partition coefficient (Wildman–Crippen LogP) is 18.5. The third kappa shape index (κ3) is 53.2. The van der Waals surface area contributed by atoms with Crippen LogP contribution < -0.4 is 0 Å². The molecule has 0 heterocycles. The Balaban J connectivity index is 4.54. The van der Waals surface area contributed by atoms with Gasteiger partial charge in [0.15, 0.2) is 6.10 Å². The second kappa shape index (κ2) is 54.9. The van der Waals surface area contributed by atoms with Gasteiger partial charge < -0.3 is 14.2 Å². The molecule has 0 bridgehead atoms. The number of carbonyl (C=O) groups excluding carboxylic acids is 3. The summed E-state index contributed by atoms with van der Waals surface area (Å²) in [5.41, 5.74) is 0. The Kier molecular flexibility index (Phi) is 51.9. The highest BCUT2D eigenvalue weighted by atomic mass is 16.6. The molecular weight excluding hydrogens is 829 g/mol. The van der Waals surface area contributed by atoms with Crippen molar-refractivity contribution in [3.8, 4) is 0 Å². The molecule has 0 aliphatic heterocycles. The molecule has 67 heavy (non-hydrogen) atoms. The lowest BCUT2D eigenvalue weighted by molar-refractivity contribution is -0.167. The Hall–Kier alpha value is -3.67. The molecule has 0 radical (unpaired) electrons. The zero-order valence-corrected chi connectivity index (χ0v) is 43.6. The van der Waals surface area contributed by atoms with E-state index in [0.29, 0.717) is 19.3 Å². The van der Waals surface area contributed by atoms with Gasteiger partial charge in [-0.25, -0.2) is 0 Å². The van der Waals surface area contributed by atoms with E-state index in [4.69, 9.17) is 14.2 Å². The van der Waals surface area contributed by atoms with E-state index in [2.05, 4.69) is 118 Å². The number of allylic oxidation sites excluding steroid dienone is 16. The third-order valence-corrected chi connectivity index (χ3v) is 11.6. The lowest BCUT2D eigenvalue weighted by Crippen LogP contribution is -2.30. The molecule has 1 unspecified atom stereocenters. The van der Waals surface area contributed by atoms with Gasteiger partial charge in [-0.05, 0) is 103 Å². The first kappa shape index (κ1) is 63.3. The van der Waals surface area contributed by atoms with Crippen molar-refractivity contribution in [2.24, 2.45) is 0 Å². The van der Waals surface area contributed by atoms with E-state index in [0.717, 1.165) is 96.3 Å². The molecule has 6 heteroatoms. The molecule has 0 aromatic heterocycles. The van der Waals surface area contributed by atoms with Crippen molar-refractivity contribution in [2.45, 2.75) is 258 Å². The normalized spacial score (nSPS) is 12.8. The van der Waals surface area contributed by atoms with Gasteiger partial charge >= 0.3 is 17.9 Å². The Morgan fingerprint density at radius 3 is 1.07 bits per heavy atom. The van der Waals surface area contributed by atoms with E-state index in [1.54, 1.807) is 0 Å². The minimum atomic E-state index is -0.821. The molecular formula is C61H102O6. The van der Waals surface area contributed by atoms with E-state index < -0.39 is 6.10 Å². The molecule has 382 valence electrons. The van der Waals surface area contributed by atoms with Gasteiger partial charge in [0.2, 0.25) is 0 Å². The molecule has 6 nitrogen and oxygen atoms in total. The summed E-state index contributed by atoms with van der Waals surface area (Å²) in [4.78, 5) is 38.1. The monoisotopic (exact) mass is 931 g/mol. The third-order valence-electron chi connectivity index (χ3n) is 11.6. The summed E-state index contributed by atoms with van der Waals surface area (Å²) < 4.78 is 16.8. The van der Waals surface area contributed by atoms with Crippen molar-refractivity contribution >= 4 is 17.9 Å². The zero-order chi connectivity index (χ0) is 48.6. The van der Waals surface area contributed by atoms with Crippen LogP contribution in [0.3, 0.4) is 0 Å². The van der Waals surface area contributed by atoms with Crippen LogP contribution in [0.25, 0.3) is 0 Å². The van der Waals surface area contributed by atoms with Gasteiger partial charge in [0.1, 0.15) is 13.2 Å². The minimum absolute atomic E-state index is 0.114. The van der Waals surface area contributed by atoms with Crippen molar-refractivity contribution in [1.82, 2.24) is 0 Å². The largest absolute Gasteiger partial charge is 0.462 e. The fourth-order valence-electron chi connectivity index (χ4n) is 7.41. The van der Waals surface area contributed by atoms with Crippen LogP contribution >= 0.6 is 0 Å². The highest BCUT2D eigenvalue weighted by Gasteiger charge is 2.19. The molecule has 0 saturated heterocycles. The number of carbonyl (C=O) groups is 3. The first-order valence-electron chi connectivity index (χ1n) is 27.8. The van der Waals surface area contributed by atoms with Gasteiger partial charge in [0, 0.05) is 19.3 Å². The van der Waals surface area contributed by atoms with Gasteiger partial charge in [-0.2, -0.15) is 0 Å². The summed E-state index contributed by atoms with van der Waals surface area (Å²) in [6.07, 6.45) is 72.5. The molecule has 0 aromatic carbocycles. The lowest BCUT2D eigenvalue weighted by Gasteiger charge is -2.18. The Morgan fingerprint density at radius 1 is 0.313 bits per heavy atom. The molecule has 0 aromatic rings. The first-order valence-corrected chi connectivity index (χ1v) is 27.8. The lowest BCUT2D eigenvalue weighted by atomic mass is 10.1. The number of unbranched alkanes of at least 4 members (excludes halogenated alkanes) is 25. The van der Waals surface area contributed by atoms with Crippen LogP contribution in [-0.2, 0) is 28.6 Å². The molecule has 0 fully saturated rings. The predicted molar refractivity (Wildman–Crippen MR) is 288 cm³/mol. The topological polar surface area (TPSA) is 78.9 Å². The standard InChI is InChI=1S/C61H102O6/c1-4-7-10-13-16-19-22-25-28-30-32-33-36-39-42-45-48-51-54-60(63)66-57-58(56-65-59(62)53-50-47-44-41-38-35-27-24-21-18-15-12-9-6-3)67-61(64)55-52-49-46-43-40-37-34-31-29-26-23-20-17-14-11-8-5-2/h16,19,22,25-26,28-30,32-35,37-38,43,46,58H,4-15,17-18,20-21,23-24,27,31,36,39-42,44-45,47-57H2,1-3H3/b19-16-,25-22-,29-26-,30-28-,33-32-,37-34-,38-35-,46-43-. The van der Waals surface area contributed by atoms with Gasteiger partial charge in [0.25, 0.3) is 0 Å². The maximum Gasteiger partial charge on any atom is 0.306 e. The van der Waals surface area contributed by atoms with Crippen molar-refractivity contribution in [1.29, 1.82) is 0 Å². The Labute approximate surface area is 413 Å². The fraction of sp³-hybridized carbons (Fsp3) is 0.689. The van der Waals surface area contributed by atoms with E-state index in [1.165, 1.54) is 109 Å². The van der Waals surface area contributed by atoms with E-state index >= 15 is 0 Å². The van der Waals surface area contributed by atoms with Crippen LogP contribution in [-0.4, -0.2) is 37.2 Å². The van der Waals surface area contributed by atoms with Crippen LogP contribution in [0.5, 0.6) is 0 Å². The molecule has 0 spiro atoms. The number of rotatable bonds is 49. The van der Waals surface area contributed by atoms with E-state index in [1.807, 2.05) is 0 Å². The maximum absolute atomic E-state index is 12.8. The van der Waals surface area contributed by atoms with Crippen LogP contribution in [0.2, 0.25) is 0 Å². The zero-order valence-electron chi connectivity index (χ0n) is 43.6. The minimum Gasteiger partial charge on any atom is -0.462 e. The average molecular weight is 931 g/mol. The number of esters is 3. The van der Waals surface area contributed by atoms with Crippen molar-refractivity contribution in [3.63, 3.8) is 0 Å². The molecule has 0 rings (SSSR count). The van der Waals surface area contributed by atoms with Crippen LogP contribution in [0.1, 0.15) is 252 Å². The second-order valence-electron chi connectivity index (χ2n) is 18.2. The summed E-state index contributed by atoms with van der Waals surface area (Å²) in [6, 6.07) is 0. The van der Waals surface area contributed by atoms with Crippen molar-refractivity contribution < 1.29 is 28.6 Å². The molecule has 0 N–H and O–H groups in total. The van der Waals surface area contributed by atoms with E-state index in [-0.39, 0.29) is 37.5 Å². The maximum atomic E-state index is 12.8. The summed E-state index contributed by atoms with van der Waals surface area (Å²) in [7, 11) is 0. The van der Waals surface area contributed by atoms with Gasteiger partial charge in [0.05, 0.1) is 0 Å².